The predicted octanol–water partition coefficient (Wildman–Crippen LogP) is 4.16. The van der Waals surface area contributed by atoms with Gasteiger partial charge in [0.25, 0.3) is 10.1 Å². The number of benzene rings is 1. The summed E-state index contributed by atoms with van der Waals surface area (Å²) in [5.41, 5.74) is -4.46. The van der Waals surface area contributed by atoms with Crippen LogP contribution in [-0.4, -0.2) is 215 Å². The Kier molecular flexibility index (Phi) is 22.8. The fourth-order valence-corrected chi connectivity index (χ4v) is 14.2. The maximum atomic E-state index is 14.6. The molecule has 0 radical (unpaired) electrons. The Balaban J connectivity index is 1.16. The van der Waals surface area contributed by atoms with Crippen LogP contribution in [0.3, 0.4) is 0 Å². The fraction of sp³-hybridized carbons (Fsp3) is 0.793. The number of rotatable bonds is 19. The van der Waals surface area contributed by atoms with Gasteiger partial charge in [-0.3, -0.25) is 18.7 Å². The second-order valence-corrected chi connectivity index (χ2v) is 26.1. The number of aryl methyl sites for hydroxylation is 2. The lowest BCUT2D eigenvalue weighted by molar-refractivity contribution is -0.316. The number of likely N-dealkylation sites (tertiary alicyclic amines) is 1. The Hall–Kier alpha value is -3.73. The van der Waals surface area contributed by atoms with E-state index in [9.17, 15) is 53.5 Å². The molecule has 24 heteroatoms. The topological polar surface area (TPSA) is 304 Å². The van der Waals surface area contributed by atoms with Gasteiger partial charge in [0, 0.05) is 81.7 Å². The number of likely N-dealkylation sites (N-methyl/N-ethyl adjacent to an activating group) is 1. The van der Waals surface area contributed by atoms with E-state index >= 15 is 0 Å². The number of fused-ring (bicyclic) bond motifs is 1. The van der Waals surface area contributed by atoms with Crippen LogP contribution >= 0.6 is 0 Å². The van der Waals surface area contributed by atoms with Crippen molar-refractivity contribution in [3.8, 4) is 0 Å². The monoisotopic (exact) mass is 1180 g/mol. The molecule has 4 saturated heterocycles. The quantitative estimate of drug-likeness (QED) is 0.0378. The van der Waals surface area contributed by atoms with Crippen molar-refractivity contribution in [1.82, 2.24) is 14.4 Å². The average molecular weight is 1180 g/mol. The second kappa shape index (κ2) is 27.8. The van der Waals surface area contributed by atoms with Gasteiger partial charge in [-0.05, 0) is 119 Å². The normalized spacial score (nSPS) is 38.2. The molecule has 4 aliphatic heterocycles. The lowest BCUT2D eigenvalue weighted by Gasteiger charge is -2.49. The number of carbonyl (C=O) groups excluding carboxylic acids is 1. The second-order valence-electron chi connectivity index (χ2n) is 24.4. The third-order valence-corrected chi connectivity index (χ3v) is 18.9. The van der Waals surface area contributed by atoms with Gasteiger partial charge in [-0.15, -0.1) is 0 Å². The van der Waals surface area contributed by atoms with E-state index in [-0.39, 0.29) is 55.0 Å². The minimum atomic E-state index is -4.21. The molecule has 2 aromatic rings. The molecular formula is C58H94N4O19S. The van der Waals surface area contributed by atoms with Crippen LogP contribution in [0.4, 0.5) is 0 Å². The number of aromatic nitrogens is 1. The van der Waals surface area contributed by atoms with E-state index in [1.54, 1.807) is 59.1 Å². The van der Waals surface area contributed by atoms with E-state index in [4.69, 9.17) is 37.3 Å². The highest BCUT2D eigenvalue weighted by Crippen LogP contribution is 2.42. The van der Waals surface area contributed by atoms with E-state index in [1.165, 1.54) is 27.2 Å². The maximum Gasteiger partial charge on any atom is 0.341 e. The van der Waals surface area contributed by atoms with Crippen molar-refractivity contribution in [2.75, 3.05) is 53.2 Å². The maximum absolute atomic E-state index is 14.6. The molecule has 0 spiro atoms. The molecule has 4 aliphatic rings. The molecule has 4 fully saturated rings. The molecule has 0 unspecified atom stereocenters. The van der Waals surface area contributed by atoms with Crippen molar-refractivity contribution in [3.05, 3.63) is 45.7 Å². The number of hydrogen-bond acceptors (Lipinski definition) is 21. The number of methoxy groups -OCH3 is 1. The lowest BCUT2D eigenvalue weighted by Crippen LogP contribution is -2.61. The zero-order valence-electron chi connectivity index (χ0n) is 50.4. The van der Waals surface area contributed by atoms with Gasteiger partial charge in [0.2, 0.25) is 5.43 Å². The molecule has 19 atom stereocenters. The number of nitrogens with zero attached hydrogens (tertiary/aromatic N) is 4. The van der Waals surface area contributed by atoms with Gasteiger partial charge >= 0.3 is 11.9 Å². The van der Waals surface area contributed by atoms with Crippen LogP contribution in [0.5, 0.6) is 0 Å². The minimum Gasteiger partial charge on any atom is -0.477 e. The first-order valence-electron chi connectivity index (χ1n) is 29.0. The van der Waals surface area contributed by atoms with Crippen LogP contribution in [0.15, 0.2) is 34.3 Å². The first kappa shape index (κ1) is 67.4. The zero-order chi connectivity index (χ0) is 61.0. The number of pyridine rings is 1. The number of aliphatic hydroxyl groups excluding tert-OH is 2. The van der Waals surface area contributed by atoms with E-state index in [2.05, 4.69) is 5.16 Å². The molecule has 1 aromatic heterocycles. The molecule has 6 N–H and O–H groups in total. The number of aromatic carboxylic acids is 1. The minimum absolute atomic E-state index is 0.0577. The van der Waals surface area contributed by atoms with Crippen molar-refractivity contribution < 1.29 is 86.1 Å². The van der Waals surface area contributed by atoms with Crippen molar-refractivity contribution in [2.24, 2.45) is 28.8 Å². The molecule has 82 heavy (non-hydrogen) atoms. The first-order valence-corrected chi connectivity index (χ1v) is 30.6. The molecule has 23 nitrogen and oxygen atoms in total. The van der Waals surface area contributed by atoms with Crippen molar-refractivity contribution >= 4 is 38.7 Å². The van der Waals surface area contributed by atoms with Crippen LogP contribution in [0.25, 0.3) is 10.9 Å². The number of aliphatic hydroxyl groups is 4. The third kappa shape index (κ3) is 15.4. The fourth-order valence-electron chi connectivity index (χ4n) is 12.9. The highest BCUT2D eigenvalue weighted by atomic mass is 32.2. The molecule has 1 aromatic carbocycles. The molecule has 0 bridgehead atoms. The highest BCUT2D eigenvalue weighted by molar-refractivity contribution is 7.86. The number of carboxylic acid groups (broad SMARTS) is 1. The number of oxime groups is 1. The third-order valence-electron chi connectivity index (χ3n) is 17.7. The van der Waals surface area contributed by atoms with Crippen molar-refractivity contribution in [3.63, 3.8) is 0 Å². The van der Waals surface area contributed by atoms with Crippen LogP contribution < -0.4 is 5.43 Å². The SMILES string of the molecule is CC[C@H]1OC(=O)[C@H](C)[C@@H](O[C@H]2C[C@@](C)(OC)[C@@H](OS(=O)(=O)CCN3CC[C@@H](OCCCc4ccc5c(c4)c(=O)c(C(=O)O)cn5CC)C3)[C@H](C)O2)[C@H](C)[C@@H](O[C@@H]2O[C@H](C)C[C@H](N(C)C)[C@H]2O)[C@](C)(O)C[C@@H](C)/C(=N\O)[C@H](C)[C@@H](O)[C@]1(C)O. The Morgan fingerprint density at radius 3 is 2.28 bits per heavy atom. The number of carbonyl (C=O) groups is 2. The lowest BCUT2D eigenvalue weighted by atomic mass is 9.73. The molecule has 0 aliphatic carbocycles. The summed E-state index contributed by atoms with van der Waals surface area (Å²) in [5, 5.41) is 72.1. The van der Waals surface area contributed by atoms with E-state index in [0.29, 0.717) is 62.8 Å². The summed E-state index contributed by atoms with van der Waals surface area (Å²) in [6, 6.07) is 5.12. The molecule has 5 heterocycles. The van der Waals surface area contributed by atoms with Gasteiger partial charge in [0.15, 0.2) is 12.6 Å². The largest absolute Gasteiger partial charge is 0.477 e. The van der Waals surface area contributed by atoms with Crippen LogP contribution in [0.1, 0.15) is 131 Å². The van der Waals surface area contributed by atoms with Gasteiger partial charge in [0.05, 0.1) is 70.7 Å². The van der Waals surface area contributed by atoms with Gasteiger partial charge in [-0.2, -0.15) is 8.42 Å². The molecule has 0 amide bonds. The zero-order valence-corrected chi connectivity index (χ0v) is 51.2. The van der Waals surface area contributed by atoms with Crippen LogP contribution in [-0.2, 0) is 65.2 Å². The first-order chi connectivity index (χ1) is 38.3. The van der Waals surface area contributed by atoms with Crippen molar-refractivity contribution in [1.29, 1.82) is 0 Å². The summed E-state index contributed by atoms with van der Waals surface area (Å²) < 4.78 is 80.1. The number of hydrogen-bond donors (Lipinski definition) is 6. The summed E-state index contributed by atoms with van der Waals surface area (Å²) >= 11 is 0. The molecule has 0 saturated carbocycles. The summed E-state index contributed by atoms with van der Waals surface area (Å²) in [5.74, 6) is -6.33. The van der Waals surface area contributed by atoms with E-state index < -0.39 is 129 Å². The van der Waals surface area contributed by atoms with E-state index in [1.807, 2.05) is 49.9 Å². The van der Waals surface area contributed by atoms with Gasteiger partial charge in [-0.1, -0.05) is 38.9 Å². The predicted molar refractivity (Wildman–Crippen MR) is 303 cm³/mol. The Bertz CT molecular complexity index is 2690. The number of cyclic esters (lactones) is 1. The molecule has 6 rings (SSSR count). The van der Waals surface area contributed by atoms with Gasteiger partial charge in [-0.25, -0.2) is 4.79 Å². The van der Waals surface area contributed by atoms with Crippen LogP contribution in [0, 0.1) is 23.7 Å². The van der Waals surface area contributed by atoms with Gasteiger partial charge in [0.1, 0.15) is 29.5 Å². The number of ether oxygens (including phenoxy) is 7. The van der Waals surface area contributed by atoms with E-state index in [0.717, 1.165) is 5.56 Å². The summed E-state index contributed by atoms with van der Waals surface area (Å²) in [7, 11) is 0.868. The number of esters is 1. The molecule has 466 valence electrons. The van der Waals surface area contributed by atoms with Crippen molar-refractivity contribution in [2.45, 2.75) is 218 Å². The molecular weight excluding hydrogens is 1090 g/mol. The summed E-state index contributed by atoms with van der Waals surface area (Å²) in [4.78, 5) is 43.2. The average Bonchev–Trinajstić information content (AvgIpc) is 3.50. The Labute approximate surface area is 483 Å². The Morgan fingerprint density at radius 1 is 0.963 bits per heavy atom. The van der Waals surface area contributed by atoms with Gasteiger partial charge < -0.3 is 73.4 Å². The summed E-state index contributed by atoms with van der Waals surface area (Å²) in [6.07, 6.45) is -8.06. The van der Waals surface area contributed by atoms with Crippen LogP contribution in [0.2, 0.25) is 0 Å². The number of carboxylic acids is 1. The smallest absolute Gasteiger partial charge is 0.341 e. The highest BCUT2D eigenvalue weighted by Gasteiger charge is 2.54. The standard InChI is InChI=1S/C58H94N4O19S/c1-15-44-58(11,70)50(65)34(5)46(59-71)32(3)28-56(9,69)51(80-55-48(64)43(60(12)13)26-33(4)76-55)35(6)49(36(7)54(68)78-44)79-45-29-57(10,74-14)52(37(8)77-45)81-82(72,73)25-23-61-22-21-39(30-61)75-24-17-18-38-19-20-42-40(27-38)47(63)41(53(66)67)31-62(42)16-2/h19-20,27,31-37,39,43-45,48-52,55,64-65,69-71H,15-18,21-26,28-30H2,1-14H3,(H,66,67)/b59-46+/t32-,33-,34+,35+,36-,37+,39-,43+,44-,45+,48-,49+,50-,51-,52+,55+,56-,57-,58-/m1/s1. The summed E-state index contributed by atoms with van der Waals surface area (Å²) in [6.45, 7) is 20.3. The Morgan fingerprint density at radius 2 is 1.66 bits per heavy atom.